The molecule has 6 heteroatoms. The zero-order valence-electron chi connectivity index (χ0n) is 11.5. The van der Waals surface area contributed by atoms with E-state index in [4.69, 9.17) is 14.6 Å². The van der Waals surface area contributed by atoms with Gasteiger partial charge in [-0.2, -0.15) is 0 Å². The molecule has 1 unspecified atom stereocenters. The van der Waals surface area contributed by atoms with Crippen molar-refractivity contribution in [3.63, 3.8) is 0 Å². The largest absolute Gasteiger partial charge is 0.454 e. The number of ether oxygens (including phenoxy) is 2. The molecule has 0 saturated carbocycles. The minimum atomic E-state index is -0.217. The van der Waals surface area contributed by atoms with Crippen molar-refractivity contribution in [2.24, 2.45) is 5.92 Å². The molecular formula is C14H20N2O4. The second-order valence-electron chi connectivity index (χ2n) is 4.86. The van der Waals surface area contributed by atoms with Crippen LogP contribution >= 0.6 is 0 Å². The van der Waals surface area contributed by atoms with Crippen molar-refractivity contribution in [3.05, 3.63) is 23.8 Å². The lowest BCUT2D eigenvalue weighted by atomic mass is 10.1. The van der Waals surface area contributed by atoms with E-state index in [-0.39, 0.29) is 25.3 Å². The number of carbonyl (C=O) groups excluding carboxylic acids is 1. The number of nitrogens with one attached hydrogen (secondary N) is 2. The summed E-state index contributed by atoms with van der Waals surface area (Å²) < 4.78 is 10.5. The zero-order chi connectivity index (χ0) is 14.4. The molecule has 3 N–H and O–H groups in total. The van der Waals surface area contributed by atoms with E-state index >= 15 is 0 Å². The van der Waals surface area contributed by atoms with Crippen LogP contribution in [0.1, 0.15) is 12.5 Å². The summed E-state index contributed by atoms with van der Waals surface area (Å²) in [5, 5.41) is 14.3. The molecule has 0 spiro atoms. The van der Waals surface area contributed by atoms with E-state index in [2.05, 4.69) is 10.6 Å². The Morgan fingerprint density at radius 1 is 1.35 bits per heavy atom. The van der Waals surface area contributed by atoms with E-state index in [1.54, 1.807) is 0 Å². The lowest BCUT2D eigenvalue weighted by molar-refractivity contribution is 0.174. The standard InChI is InChI=1S/C14H20N2O4/c1-10(8-17)7-16-14(18)15-5-4-11-2-3-12-13(6-11)20-9-19-12/h2-3,6,10,17H,4-5,7-9H2,1H3,(H2,15,16,18). The average molecular weight is 280 g/mol. The highest BCUT2D eigenvalue weighted by molar-refractivity contribution is 5.73. The van der Waals surface area contributed by atoms with Gasteiger partial charge in [0.2, 0.25) is 6.79 Å². The van der Waals surface area contributed by atoms with Crippen LogP contribution in [0.4, 0.5) is 4.79 Å². The second-order valence-corrected chi connectivity index (χ2v) is 4.86. The minimum absolute atomic E-state index is 0.0645. The average Bonchev–Trinajstić information content (AvgIpc) is 2.92. The molecular weight excluding hydrogens is 260 g/mol. The zero-order valence-corrected chi connectivity index (χ0v) is 11.5. The van der Waals surface area contributed by atoms with Crippen molar-refractivity contribution in [1.29, 1.82) is 0 Å². The summed E-state index contributed by atoms with van der Waals surface area (Å²) in [5.74, 6) is 1.58. The van der Waals surface area contributed by atoms with E-state index < -0.39 is 0 Å². The van der Waals surface area contributed by atoms with Gasteiger partial charge in [0.1, 0.15) is 0 Å². The number of amides is 2. The minimum Gasteiger partial charge on any atom is -0.454 e. The number of hydrogen-bond donors (Lipinski definition) is 3. The van der Waals surface area contributed by atoms with Crippen LogP contribution in [0.25, 0.3) is 0 Å². The van der Waals surface area contributed by atoms with Gasteiger partial charge >= 0.3 is 6.03 Å². The third-order valence-corrected chi connectivity index (χ3v) is 3.06. The van der Waals surface area contributed by atoms with Gasteiger partial charge in [-0.3, -0.25) is 0 Å². The highest BCUT2D eigenvalue weighted by Gasteiger charge is 2.13. The molecule has 1 aliphatic rings. The van der Waals surface area contributed by atoms with Gasteiger partial charge in [-0.25, -0.2) is 4.79 Å². The Balaban J connectivity index is 1.69. The number of rotatable bonds is 6. The van der Waals surface area contributed by atoms with E-state index in [9.17, 15) is 4.79 Å². The smallest absolute Gasteiger partial charge is 0.314 e. The summed E-state index contributed by atoms with van der Waals surface area (Å²) in [6.45, 7) is 3.21. The fourth-order valence-corrected chi connectivity index (χ4v) is 1.81. The van der Waals surface area contributed by atoms with Crippen molar-refractivity contribution < 1.29 is 19.4 Å². The molecule has 0 bridgehead atoms. The van der Waals surface area contributed by atoms with E-state index in [0.29, 0.717) is 13.1 Å². The molecule has 0 saturated heterocycles. The predicted molar refractivity (Wildman–Crippen MR) is 73.9 cm³/mol. The first-order valence-corrected chi connectivity index (χ1v) is 6.70. The summed E-state index contributed by atoms with van der Waals surface area (Å²) in [4.78, 5) is 11.5. The van der Waals surface area contributed by atoms with Crippen LogP contribution in [0.15, 0.2) is 18.2 Å². The SMILES string of the molecule is CC(CO)CNC(=O)NCCc1ccc2c(c1)OCO2. The molecule has 1 heterocycles. The van der Waals surface area contributed by atoms with Crippen LogP contribution < -0.4 is 20.1 Å². The molecule has 6 nitrogen and oxygen atoms in total. The molecule has 1 aliphatic heterocycles. The Hall–Kier alpha value is -1.95. The van der Waals surface area contributed by atoms with Gasteiger partial charge in [-0.1, -0.05) is 13.0 Å². The Morgan fingerprint density at radius 3 is 2.95 bits per heavy atom. The number of urea groups is 1. The fraction of sp³-hybridized carbons (Fsp3) is 0.500. The Bertz CT molecular complexity index is 464. The highest BCUT2D eigenvalue weighted by atomic mass is 16.7. The van der Waals surface area contributed by atoms with Gasteiger partial charge < -0.3 is 25.2 Å². The maximum absolute atomic E-state index is 11.5. The number of fused-ring (bicyclic) bond motifs is 1. The van der Waals surface area contributed by atoms with E-state index in [1.165, 1.54) is 0 Å². The Labute approximate surface area is 118 Å². The van der Waals surface area contributed by atoms with Crippen molar-refractivity contribution >= 4 is 6.03 Å². The number of hydrogen-bond acceptors (Lipinski definition) is 4. The van der Waals surface area contributed by atoms with E-state index in [0.717, 1.165) is 23.5 Å². The van der Waals surface area contributed by atoms with Gasteiger partial charge in [0.05, 0.1) is 0 Å². The molecule has 1 aromatic rings. The topological polar surface area (TPSA) is 79.8 Å². The Morgan fingerprint density at radius 2 is 2.15 bits per heavy atom. The van der Waals surface area contributed by atoms with Crippen molar-refractivity contribution in [2.45, 2.75) is 13.3 Å². The number of benzene rings is 1. The lowest BCUT2D eigenvalue weighted by Crippen LogP contribution is -2.39. The van der Waals surface area contributed by atoms with Gasteiger partial charge in [-0.05, 0) is 30.0 Å². The Kier molecular flexibility index (Phi) is 5.06. The highest BCUT2D eigenvalue weighted by Crippen LogP contribution is 2.32. The molecule has 20 heavy (non-hydrogen) atoms. The first-order chi connectivity index (χ1) is 9.69. The van der Waals surface area contributed by atoms with Crippen LogP contribution in [0.2, 0.25) is 0 Å². The summed E-state index contributed by atoms with van der Waals surface area (Å²) in [7, 11) is 0. The quantitative estimate of drug-likeness (QED) is 0.723. The molecule has 1 aromatic carbocycles. The van der Waals surface area contributed by atoms with Crippen molar-refractivity contribution in [1.82, 2.24) is 10.6 Å². The van der Waals surface area contributed by atoms with Crippen LogP contribution in [-0.2, 0) is 6.42 Å². The molecule has 0 fully saturated rings. The fourth-order valence-electron chi connectivity index (χ4n) is 1.81. The first kappa shape index (κ1) is 14.5. The van der Waals surface area contributed by atoms with Crippen molar-refractivity contribution in [2.75, 3.05) is 26.5 Å². The number of aliphatic hydroxyl groups excluding tert-OH is 1. The van der Waals surface area contributed by atoms with Crippen LogP contribution in [0, 0.1) is 5.92 Å². The maximum atomic E-state index is 11.5. The molecule has 2 amide bonds. The molecule has 110 valence electrons. The third-order valence-electron chi connectivity index (χ3n) is 3.06. The summed E-state index contributed by atoms with van der Waals surface area (Å²) in [5.41, 5.74) is 1.08. The van der Waals surface area contributed by atoms with Crippen molar-refractivity contribution in [3.8, 4) is 11.5 Å². The van der Waals surface area contributed by atoms with Crippen LogP contribution in [0.3, 0.4) is 0 Å². The molecule has 0 aromatic heterocycles. The number of aliphatic hydroxyl groups is 1. The predicted octanol–water partition coefficient (Wildman–Crippen LogP) is 0.885. The molecule has 0 radical (unpaired) electrons. The second kappa shape index (κ2) is 7.00. The van der Waals surface area contributed by atoms with Gasteiger partial charge in [0, 0.05) is 19.7 Å². The normalized spacial score (nSPS) is 13.9. The molecule has 2 rings (SSSR count). The third kappa shape index (κ3) is 4.03. The summed E-state index contributed by atoms with van der Waals surface area (Å²) in [6, 6.07) is 5.54. The van der Waals surface area contributed by atoms with Gasteiger partial charge in [-0.15, -0.1) is 0 Å². The van der Waals surface area contributed by atoms with Crippen LogP contribution in [-0.4, -0.2) is 37.6 Å². The van der Waals surface area contributed by atoms with Gasteiger partial charge in [0.15, 0.2) is 11.5 Å². The summed E-state index contributed by atoms with van der Waals surface area (Å²) >= 11 is 0. The monoisotopic (exact) mass is 280 g/mol. The molecule has 0 aliphatic carbocycles. The van der Waals surface area contributed by atoms with Gasteiger partial charge in [0.25, 0.3) is 0 Å². The van der Waals surface area contributed by atoms with E-state index in [1.807, 2.05) is 25.1 Å². The van der Waals surface area contributed by atoms with Crippen LogP contribution in [0.5, 0.6) is 11.5 Å². The number of carbonyl (C=O) groups is 1. The lowest BCUT2D eigenvalue weighted by Gasteiger charge is -2.11. The first-order valence-electron chi connectivity index (χ1n) is 6.70. The summed E-state index contributed by atoms with van der Waals surface area (Å²) in [6.07, 6.45) is 0.722. The maximum Gasteiger partial charge on any atom is 0.314 e. The molecule has 1 atom stereocenters.